The summed E-state index contributed by atoms with van der Waals surface area (Å²) < 4.78 is 56.9. The maximum Gasteiger partial charge on any atom is 0.314 e. The fourth-order valence-electron chi connectivity index (χ4n) is 2.29. The van der Waals surface area contributed by atoms with Gasteiger partial charge in [0.1, 0.15) is 15.7 Å². The average molecular weight is 429 g/mol. The molecule has 0 aliphatic carbocycles. The van der Waals surface area contributed by atoms with Crippen molar-refractivity contribution in [3.8, 4) is 10.8 Å². The number of halogens is 2. The van der Waals surface area contributed by atoms with Crippen LogP contribution >= 0.6 is 11.3 Å². The number of pyridine rings is 1. The van der Waals surface area contributed by atoms with Gasteiger partial charge in [0.05, 0.1) is 18.5 Å². The molecule has 28 heavy (non-hydrogen) atoms. The van der Waals surface area contributed by atoms with E-state index < -0.39 is 22.3 Å². The molecule has 0 aliphatic rings. The van der Waals surface area contributed by atoms with Crippen molar-refractivity contribution in [3.05, 3.63) is 41.5 Å². The summed E-state index contributed by atoms with van der Waals surface area (Å²) in [6.07, 6.45) is 1.29. The number of alkyl halides is 2. The van der Waals surface area contributed by atoms with Gasteiger partial charge in [0.2, 0.25) is 10.0 Å². The lowest BCUT2D eigenvalue weighted by molar-refractivity contribution is 0.116. The lowest BCUT2D eigenvalue weighted by Crippen LogP contribution is -2.33. The quantitative estimate of drug-likeness (QED) is 0.511. The molecule has 0 unspecified atom stereocenters. The maximum atomic E-state index is 12.8. The topological polar surface area (TPSA) is 102 Å². The number of rotatable bonds is 9. The maximum absolute atomic E-state index is 12.8. The number of sulfonamides is 1. The minimum atomic E-state index is -3.61. The van der Waals surface area contributed by atoms with E-state index in [1.807, 2.05) is 6.92 Å². The van der Waals surface area contributed by atoms with Gasteiger partial charge in [-0.2, -0.15) is 8.78 Å². The fourth-order valence-corrected chi connectivity index (χ4v) is 4.78. The largest absolute Gasteiger partial charge is 0.414 e. The SMILES string of the molecule is CCCCS(=O)(=O)N(Cc1ncc(-c2nnc(C(F)F)o2)s1)c1ccccn1. The van der Waals surface area contributed by atoms with Crippen LogP contribution in [-0.2, 0) is 16.6 Å². The second kappa shape index (κ2) is 8.69. The van der Waals surface area contributed by atoms with Crippen LogP contribution in [0.3, 0.4) is 0 Å². The molecule has 3 aromatic heterocycles. The second-order valence-electron chi connectivity index (χ2n) is 5.73. The lowest BCUT2D eigenvalue weighted by atomic mass is 10.4. The Morgan fingerprint density at radius 1 is 1.25 bits per heavy atom. The van der Waals surface area contributed by atoms with Gasteiger partial charge < -0.3 is 4.42 Å². The monoisotopic (exact) mass is 429 g/mol. The van der Waals surface area contributed by atoms with Gasteiger partial charge in [-0.1, -0.05) is 19.4 Å². The summed E-state index contributed by atoms with van der Waals surface area (Å²) in [5, 5.41) is 7.30. The first-order valence-corrected chi connectivity index (χ1v) is 10.8. The molecule has 0 amide bonds. The van der Waals surface area contributed by atoms with Crippen molar-refractivity contribution >= 4 is 27.2 Å². The van der Waals surface area contributed by atoms with Crippen molar-refractivity contribution in [2.45, 2.75) is 32.7 Å². The van der Waals surface area contributed by atoms with Gasteiger partial charge in [-0.15, -0.1) is 21.5 Å². The van der Waals surface area contributed by atoms with Gasteiger partial charge in [0.15, 0.2) is 0 Å². The average Bonchev–Trinajstić information content (AvgIpc) is 3.34. The number of unbranched alkanes of at least 4 members (excludes halogenated alkanes) is 1. The minimum Gasteiger partial charge on any atom is -0.414 e. The third kappa shape index (κ3) is 4.68. The highest BCUT2D eigenvalue weighted by molar-refractivity contribution is 7.92. The van der Waals surface area contributed by atoms with Gasteiger partial charge in [0, 0.05) is 6.20 Å². The molecule has 3 heterocycles. The Kier molecular flexibility index (Phi) is 6.29. The zero-order chi connectivity index (χ0) is 20.1. The van der Waals surface area contributed by atoms with E-state index in [1.54, 1.807) is 18.2 Å². The first kappa shape index (κ1) is 20.3. The third-order valence-electron chi connectivity index (χ3n) is 3.67. The molecule has 0 spiro atoms. The van der Waals surface area contributed by atoms with Crippen LogP contribution < -0.4 is 4.31 Å². The Balaban J connectivity index is 1.86. The second-order valence-corrected chi connectivity index (χ2v) is 8.86. The Bertz CT molecular complexity index is 1010. The molecule has 0 aliphatic heterocycles. The first-order chi connectivity index (χ1) is 13.4. The van der Waals surface area contributed by atoms with Gasteiger partial charge in [-0.05, 0) is 18.6 Å². The number of thiazole rings is 1. The molecular weight excluding hydrogens is 412 g/mol. The van der Waals surface area contributed by atoms with Gasteiger partial charge in [-0.3, -0.25) is 0 Å². The molecule has 0 N–H and O–H groups in total. The summed E-state index contributed by atoms with van der Waals surface area (Å²) >= 11 is 1.09. The van der Waals surface area contributed by atoms with Crippen molar-refractivity contribution < 1.29 is 21.6 Å². The molecule has 0 radical (unpaired) electrons. The Morgan fingerprint density at radius 3 is 2.71 bits per heavy atom. The molecule has 12 heteroatoms. The van der Waals surface area contributed by atoms with Crippen LogP contribution in [0, 0.1) is 0 Å². The van der Waals surface area contributed by atoms with Crippen molar-refractivity contribution in [3.63, 3.8) is 0 Å². The molecule has 0 aromatic carbocycles. The molecule has 0 atom stereocenters. The Labute approximate surface area is 164 Å². The van der Waals surface area contributed by atoms with Crippen LogP contribution in [0.4, 0.5) is 14.6 Å². The number of hydrogen-bond donors (Lipinski definition) is 0. The van der Waals surface area contributed by atoms with E-state index in [-0.39, 0.29) is 24.0 Å². The Hall–Kier alpha value is -2.47. The first-order valence-electron chi connectivity index (χ1n) is 8.38. The summed E-state index contributed by atoms with van der Waals surface area (Å²) in [6.45, 7) is 1.87. The molecule has 0 bridgehead atoms. The standard InChI is InChI=1S/C16H17F2N5O3S2/c1-2-3-8-28(24,25)23(12-6-4-5-7-19-12)10-13-20-9-11(27-13)15-21-22-16(26-15)14(17)18/h4-7,9,14H,2-3,8,10H2,1H3. The van der Waals surface area contributed by atoms with E-state index >= 15 is 0 Å². The van der Waals surface area contributed by atoms with E-state index in [4.69, 9.17) is 4.42 Å². The van der Waals surface area contributed by atoms with E-state index in [1.165, 1.54) is 16.7 Å². The highest BCUT2D eigenvalue weighted by Gasteiger charge is 2.25. The van der Waals surface area contributed by atoms with E-state index in [0.29, 0.717) is 16.3 Å². The molecule has 150 valence electrons. The molecule has 0 saturated carbocycles. The zero-order valence-corrected chi connectivity index (χ0v) is 16.5. The van der Waals surface area contributed by atoms with Crippen molar-refractivity contribution in [2.24, 2.45) is 0 Å². The minimum absolute atomic E-state index is 0.0142. The van der Waals surface area contributed by atoms with Crippen LogP contribution in [0.5, 0.6) is 0 Å². The Morgan fingerprint density at radius 2 is 2.07 bits per heavy atom. The van der Waals surface area contributed by atoms with Crippen LogP contribution in [0.25, 0.3) is 10.8 Å². The predicted molar refractivity (Wildman–Crippen MR) is 99.5 cm³/mol. The normalized spacial score (nSPS) is 11.9. The zero-order valence-electron chi connectivity index (χ0n) is 14.8. The highest BCUT2D eigenvalue weighted by atomic mass is 32.2. The molecule has 3 rings (SSSR count). The number of nitrogens with zero attached hydrogens (tertiary/aromatic N) is 5. The van der Waals surface area contributed by atoms with Gasteiger partial charge >= 0.3 is 6.43 Å². The van der Waals surface area contributed by atoms with Crippen molar-refractivity contribution in [1.82, 2.24) is 20.2 Å². The van der Waals surface area contributed by atoms with E-state index in [2.05, 4.69) is 20.2 Å². The summed E-state index contributed by atoms with van der Waals surface area (Å²) in [6, 6.07) is 4.99. The summed E-state index contributed by atoms with van der Waals surface area (Å²) in [5.41, 5.74) is 0. The van der Waals surface area contributed by atoms with Crippen LogP contribution in [0.15, 0.2) is 35.0 Å². The fraction of sp³-hybridized carbons (Fsp3) is 0.375. The van der Waals surface area contributed by atoms with Crippen LogP contribution in [0.2, 0.25) is 0 Å². The summed E-state index contributed by atoms with van der Waals surface area (Å²) in [5.74, 6) is -0.590. The van der Waals surface area contributed by atoms with Crippen LogP contribution in [-0.4, -0.2) is 34.3 Å². The highest BCUT2D eigenvalue weighted by Crippen LogP contribution is 2.29. The van der Waals surface area contributed by atoms with Crippen molar-refractivity contribution in [2.75, 3.05) is 10.1 Å². The van der Waals surface area contributed by atoms with E-state index in [9.17, 15) is 17.2 Å². The number of anilines is 1. The number of hydrogen-bond acceptors (Lipinski definition) is 8. The van der Waals surface area contributed by atoms with Gasteiger partial charge in [-0.25, -0.2) is 22.7 Å². The lowest BCUT2D eigenvalue weighted by Gasteiger charge is -2.22. The van der Waals surface area contributed by atoms with Crippen LogP contribution in [0.1, 0.15) is 37.1 Å². The summed E-state index contributed by atoms with van der Waals surface area (Å²) in [4.78, 5) is 8.69. The molecule has 8 nitrogen and oxygen atoms in total. The van der Waals surface area contributed by atoms with Crippen molar-refractivity contribution in [1.29, 1.82) is 0 Å². The smallest absolute Gasteiger partial charge is 0.314 e. The molecule has 0 saturated heterocycles. The molecular formula is C16H17F2N5O3S2. The summed E-state index contributed by atoms with van der Waals surface area (Å²) in [7, 11) is -3.61. The predicted octanol–water partition coefficient (Wildman–Crippen LogP) is 3.66. The third-order valence-corrected chi connectivity index (χ3v) is 6.43. The van der Waals surface area contributed by atoms with Gasteiger partial charge in [0.25, 0.3) is 11.8 Å². The number of aromatic nitrogens is 4. The molecule has 0 fully saturated rings. The molecule has 3 aromatic rings. The van der Waals surface area contributed by atoms with E-state index in [0.717, 1.165) is 17.8 Å².